The third-order valence-electron chi connectivity index (χ3n) is 6.85. The molecule has 234 valence electrons. The second kappa shape index (κ2) is 17.9. The van der Waals surface area contributed by atoms with Crippen molar-refractivity contribution in [3.05, 3.63) is 64.7 Å². The van der Waals surface area contributed by atoms with E-state index in [1.165, 1.54) is 0 Å². The number of carbonyl (C=O) groups is 3. The van der Waals surface area contributed by atoms with Crippen molar-refractivity contribution in [3.8, 4) is 17.6 Å². The van der Waals surface area contributed by atoms with Crippen LogP contribution in [-0.2, 0) is 11.2 Å². The van der Waals surface area contributed by atoms with Gasteiger partial charge in [-0.05, 0) is 68.5 Å². The Morgan fingerprint density at radius 1 is 0.907 bits per heavy atom. The molecule has 0 aliphatic carbocycles. The summed E-state index contributed by atoms with van der Waals surface area (Å²) in [6.07, 6.45) is 1.59. The largest absolute Gasteiger partial charge is 0.508 e. The normalized spacial score (nSPS) is 12.3. The van der Waals surface area contributed by atoms with E-state index in [2.05, 4.69) is 22.6 Å². The molecule has 0 radical (unpaired) electrons. The fourth-order valence-corrected chi connectivity index (χ4v) is 4.66. The fraction of sp³-hybridized carbons (Fsp3) is 0.500. The first-order chi connectivity index (χ1) is 20.5. The number of carbonyl (C=O) groups excluding carboxylic acids is 3. The van der Waals surface area contributed by atoms with Crippen LogP contribution in [0, 0.1) is 17.8 Å². The minimum Gasteiger partial charge on any atom is -0.508 e. The minimum atomic E-state index is -1.05. The standard InChI is InChI=1S/C34H48N4O5/c1-7-11-26-19-27(22-28(20-26)34(43)37(16-8-2)17-9-3)33(42)35-30(21-25-12-14-29(39)15-13-25)31(40)23-38(18-10-4)36-32(41)24(5)6/h12-15,19-20,22,24,30-31,39-40H,8-10,16-18,21,23H2,1-6H3,(H,35,42)(H,36,41). The lowest BCUT2D eigenvalue weighted by molar-refractivity contribution is -0.129. The van der Waals surface area contributed by atoms with E-state index >= 15 is 0 Å². The van der Waals surface area contributed by atoms with Gasteiger partial charge in [0, 0.05) is 48.8 Å². The van der Waals surface area contributed by atoms with Crippen molar-refractivity contribution in [1.82, 2.24) is 20.7 Å². The van der Waals surface area contributed by atoms with Crippen LogP contribution in [0.1, 0.15) is 92.6 Å². The molecule has 0 heterocycles. The Hall–Kier alpha value is -3.87. The lowest BCUT2D eigenvalue weighted by Gasteiger charge is -2.31. The highest BCUT2D eigenvalue weighted by molar-refractivity contribution is 6.00. The summed E-state index contributed by atoms with van der Waals surface area (Å²) in [5.41, 5.74) is 4.85. The van der Waals surface area contributed by atoms with Crippen LogP contribution in [0.5, 0.6) is 5.75 Å². The number of nitrogens with one attached hydrogen (secondary N) is 2. The van der Waals surface area contributed by atoms with Gasteiger partial charge in [0.25, 0.3) is 11.8 Å². The maximum atomic E-state index is 13.7. The number of benzene rings is 2. The molecule has 9 nitrogen and oxygen atoms in total. The zero-order valence-electron chi connectivity index (χ0n) is 26.4. The summed E-state index contributed by atoms with van der Waals surface area (Å²) in [5.74, 6) is 4.92. The van der Waals surface area contributed by atoms with Gasteiger partial charge in [0.2, 0.25) is 5.91 Å². The van der Waals surface area contributed by atoms with E-state index in [-0.39, 0.29) is 42.0 Å². The molecular weight excluding hydrogens is 544 g/mol. The van der Waals surface area contributed by atoms with Crippen LogP contribution in [0.25, 0.3) is 0 Å². The van der Waals surface area contributed by atoms with Gasteiger partial charge in [0.15, 0.2) is 0 Å². The number of rotatable bonds is 16. The van der Waals surface area contributed by atoms with Crippen LogP contribution in [0.15, 0.2) is 42.5 Å². The number of aliphatic hydroxyl groups excluding tert-OH is 1. The summed E-state index contributed by atoms with van der Waals surface area (Å²) in [7, 11) is 0. The Morgan fingerprint density at radius 3 is 2.07 bits per heavy atom. The first kappa shape index (κ1) is 35.3. The number of hydrogen-bond donors (Lipinski definition) is 4. The van der Waals surface area contributed by atoms with Crippen molar-refractivity contribution in [2.75, 3.05) is 26.2 Å². The monoisotopic (exact) mass is 592 g/mol. The quantitative estimate of drug-likeness (QED) is 0.172. The Labute approximate surface area is 256 Å². The van der Waals surface area contributed by atoms with E-state index in [1.807, 2.05) is 20.8 Å². The number of nitrogens with zero attached hydrogens (tertiary/aromatic N) is 2. The molecule has 2 atom stereocenters. The average molecular weight is 593 g/mol. The van der Waals surface area contributed by atoms with Gasteiger partial charge < -0.3 is 20.4 Å². The van der Waals surface area contributed by atoms with Gasteiger partial charge in [-0.3, -0.25) is 19.8 Å². The first-order valence-electron chi connectivity index (χ1n) is 15.2. The van der Waals surface area contributed by atoms with Gasteiger partial charge in [-0.1, -0.05) is 52.7 Å². The van der Waals surface area contributed by atoms with Gasteiger partial charge in [-0.2, -0.15) is 0 Å². The van der Waals surface area contributed by atoms with Crippen molar-refractivity contribution < 1.29 is 24.6 Å². The van der Waals surface area contributed by atoms with E-state index in [1.54, 1.807) is 73.1 Å². The predicted octanol–water partition coefficient (Wildman–Crippen LogP) is 4.13. The molecule has 0 saturated heterocycles. The average Bonchev–Trinajstić information content (AvgIpc) is 2.97. The molecule has 4 N–H and O–H groups in total. The third-order valence-corrected chi connectivity index (χ3v) is 6.85. The molecule has 0 bridgehead atoms. The van der Waals surface area contributed by atoms with E-state index in [0.29, 0.717) is 30.8 Å². The van der Waals surface area contributed by atoms with Crippen molar-refractivity contribution in [3.63, 3.8) is 0 Å². The summed E-state index contributed by atoms with van der Waals surface area (Å²) in [6.45, 7) is 13.1. The topological polar surface area (TPSA) is 122 Å². The number of hydrazine groups is 1. The molecule has 0 aromatic heterocycles. The lowest BCUT2D eigenvalue weighted by atomic mass is 9.99. The second-order valence-electron chi connectivity index (χ2n) is 11.1. The highest BCUT2D eigenvalue weighted by Gasteiger charge is 2.26. The molecule has 2 aromatic carbocycles. The summed E-state index contributed by atoms with van der Waals surface area (Å²) < 4.78 is 0. The minimum absolute atomic E-state index is 0.0867. The number of phenolic OH excluding ortho intramolecular Hbond substituents is 1. The summed E-state index contributed by atoms with van der Waals surface area (Å²) >= 11 is 0. The van der Waals surface area contributed by atoms with Gasteiger partial charge >= 0.3 is 0 Å². The van der Waals surface area contributed by atoms with Crippen molar-refractivity contribution in [1.29, 1.82) is 0 Å². The molecule has 3 amide bonds. The molecule has 9 heteroatoms. The lowest BCUT2D eigenvalue weighted by Crippen LogP contribution is -2.54. The molecule has 0 saturated carbocycles. The Kier molecular flexibility index (Phi) is 14.7. The number of phenols is 1. The number of hydrogen-bond acceptors (Lipinski definition) is 6. The Bertz CT molecular complexity index is 1260. The molecule has 0 aliphatic heterocycles. The predicted molar refractivity (Wildman–Crippen MR) is 169 cm³/mol. The Balaban J connectivity index is 2.42. The molecule has 2 unspecified atom stereocenters. The van der Waals surface area contributed by atoms with Gasteiger partial charge in [-0.15, -0.1) is 5.92 Å². The number of aromatic hydroxyl groups is 1. The SMILES string of the molecule is CC#Cc1cc(C(=O)NC(Cc2ccc(O)cc2)C(O)CN(CCC)NC(=O)C(C)C)cc(C(=O)N(CCC)CCC)c1. The molecule has 43 heavy (non-hydrogen) atoms. The van der Waals surface area contributed by atoms with Crippen LogP contribution in [-0.4, -0.2) is 76.2 Å². The van der Waals surface area contributed by atoms with Gasteiger partial charge in [-0.25, -0.2) is 5.01 Å². The fourth-order valence-electron chi connectivity index (χ4n) is 4.66. The maximum absolute atomic E-state index is 13.7. The smallest absolute Gasteiger partial charge is 0.253 e. The van der Waals surface area contributed by atoms with E-state index in [4.69, 9.17) is 0 Å². The third kappa shape index (κ3) is 11.4. The van der Waals surface area contributed by atoms with Crippen molar-refractivity contribution >= 4 is 17.7 Å². The van der Waals surface area contributed by atoms with E-state index < -0.39 is 18.1 Å². The van der Waals surface area contributed by atoms with Crippen LogP contribution in [0.4, 0.5) is 0 Å². The van der Waals surface area contributed by atoms with Crippen molar-refractivity contribution in [2.45, 2.75) is 79.4 Å². The highest BCUT2D eigenvalue weighted by Crippen LogP contribution is 2.17. The second-order valence-corrected chi connectivity index (χ2v) is 11.1. The molecule has 0 fully saturated rings. The molecule has 2 aromatic rings. The summed E-state index contributed by atoms with van der Waals surface area (Å²) in [6, 6.07) is 10.7. The summed E-state index contributed by atoms with van der Waals surface area (Å²) in [4.78, 5) is 41.3. The van der Waals surface area contributed by atoms with Gasteiger partial charge in [0.1, 0.15) is 5.75 Å². The van der Waals surface area contributed by atoms with Crippen LogP contribution < -0.4 is 10.7 Å². The molecule has 0 spiro atoms. The van der Waals surface area contributed by atoms with Crippen molar-refractivity contribution in [2.24, 2.45) is 5.92 Å². The van der Waals surface area contributed by atoms with Crippen LogP contribution in [0.2, 0.25) is 0 Å². The van der Waals surface area contributed by atoms with E-state index in [0.717, 1.165) is 24.8 Å². The molecular formula is C34H48N4O5. The summed E-state index contributed by atoms with van der Waals surface area (Å²) in [5, 5.41) is 25.8. The Morgan fingerprint density at radius 2 is 1.51 bits per heavy atom. The zero-order chi connectivity index (χ0) is 31.9. The van der Waals surface area contributed by atoms with Gasteiger partial charge in [0.05, 0.1) is 12.1 Å². The zero-order valence-corrected chi connectivity index (χ0v) is 26.4. The molecule has 2 rings (SSSR count). The highest BCUT2D eigenvalue weighted by atomic mass is 16.3. The van der Waals surface area contributed by atoms with Crippen LogP contribution >= 0.6 is 0 Å². The number of aliphatic hydroxyl groups is 1. The maximum Gasteiger partial charge on any atom is 0.253 e. The number of amides is 3. The van der Waals surface area contributed by atoms with E-state index in [9.17, 15) is 24.6 Å². The first-order valence-corrected chi connectivity index (χ1v) is 15.2. The molecule has 0 aliphatic rings. The van der Waals surface area contributed by atoms with Crippen LogP contribution in [0.3, 0.4) is 0 Å².